The highest BCUT2D eigenvalue weighted by Gasteiger charge is 2.06. The van der Waals surface area contributed by atoms with Crippen LogP contribution in [0.5, 0.6) is 0 Å². The minimum Gasteiger partial charge on any atom is -0.481 e. The topological polar surface area (TPSA) is 75.4 Å². The van der Waals surface area contributed by atoms with Gasteiger partial charge in [-0.15, -0.1) is 0 Å². The largest absolute Gasteiger partial charge is 0.481 e. The Kier molecular flexibility index (Phi) is 4.40. The molecule has 0 aliphatic carbocycles. The maximum Gasteiger partial charge on any atom is 0.303 e. The molecule has 5 heteroatoms. The van der Waals surface area contributed by atoms with E-state index in [4.69, 9.17) is 9.52 Å². The summed E-state index contributed by atoms with van der Waals surface area (Å²) in [5, 5.41) is 11.7. The van der Waals surface area contributed by atoms with Crippen molar-refractivity contribution in [2.75, 3.05) is 5.32 Å². The number of rotatable bonds is 6. The predicted octanol–water partition coefficient (Wildman–Crippen LogP) is 3.56. The lowest BCUT2D eigenvalue weighted by Crippen LogP contribution is -1.98. The maximum atomic E-state index is 10.5. The quantitative estimate of drug-likeness (QED) is 0.842. The molecule has 0 bridgehead atoms. The maximum absolute atomic E-state index is 10.5. The molecule has 0 unspecified atom stereocenters. The number of hydrogen-bond donors (Lipinski definition) is 2. The van der Waals surface area contributed by atoms with Gasteiger partial charge in [0.15, 0.2) is 0 Å². The monoisotopic (exact) mass is 274 g/mol. The number of hydrogen-bond acceptors (Lipinski definition) is 4. The van der Waals surface area contributed by atoms with Crippen molar-refractivity contribution in [1.82, 2.24) is 4.98 Å². The highest BCUT2D eigenvalue weighted by Crippen LogP contribution is 2.20. The summed E-state index contributed by atoms with van der Waals surface area (Å²) in [4.78, 5) is 14.7. The molecule has 2 aromatic rings. The Hall–Kier alpha value is -2.30. The SMILES string of the molecule is CC(C)c1ccc(Nc2nc(CCC(=O)O)co2)cc1. The molecule has 2 rings (SSSR count). The molecule has 0 saturated heterocycles. The standard InChI is InChI=1S/C15H18N2O3/c1-10(2)11-3-5-12(6-4-11)16-15-17-13(9-20-15)7-8-14(18)19/h3-6,9-10H,7-8H2,1-2H3,(H,16,17)(H,18,19). The van der Waals surface area contributed by atoms with Crippen molar-refractivity contribution in [2.45, 2.75) is 32.6 Å². The van der Waals surface area contributed by atoms with Crippen LogP contribution >= 0.6 is 0 Å². The first-order chi connectivity index (χ1) is 9.54. The molecule has 0 atom stereocenters. The fraction of sp³-hybridized carbons (Fsp3) is 0.333. The number of carboxylic acids is 1. The average molecular weight is 274 g/mol. The minimum absolute atomic E-state index is 0.0507. The average Bonchev–Trinajstić information content (AvgIpc) is 2.84. The zero-order chi connectivity index (χ0) is 14.5. The summed E-state index contributed by atoms with van der Waals surface area (Å²) in [6.45, 7) is 4.29. The summed E-state index contributed by atoms with van der Waals surface area (Å²) < 4.78 is 5.26. The van der Waals surface area contributed by atoms with Gasteiger partial charge >= 0.3 is 5.97 Å². The number of nitrogens with zero attached hydrogens (tertiary/aromatic N) is 1. The first kappa shape index (κ1) is 14.1. The van der Waals surface area contributed by atoms with Crippen LogP contribution in [0.3, 0.4) is 0 Å². The Balaban J connectivity index is 1.97. The number of carbonyl (C=O) groups is 1. The van der Waals surface area contributed by atoms with Gasteiger partial charge in [-0.1, -0.05) is 26.0 Å². The molecule has 0 radical (unpaired) electrons. The number of anilines is 2. The van der Waals surface area contributed by atoms with E-state index in [9.17, 15) is 4.79 Å². The van der Waals surface area contributed by atoms with Crippen LogP contribution in [0.15, 0.2) is 34.9 Å². The Bertz CT molecular complexity index is 573. The second kappa shape index (κ2) is 6.23. The van der Waals surface area contributed by atoms with Crippen molar-refractivity contribution in [2.24, 2.45) is 0 Å². The fourth-order valence-electron chi connectivity index (χ4n) is 1.79. The van der Waals surface area contributed by atoms with Crippen LogP contribution in [0.25, 0.3) is 0 Å². The third-order valence-electron chi connectivity index (χ3n) is 2.98. The van der Waals surface area contributed by atoms with Gasteiger partial charge in [0.2, 0.25) is 0 Å². The summed E-state index contributed by atoms with van der Waals surface area (Å²) in [6.07, 6.45) is 1.90. The van der Waals surface area contributed by atoms with E-state index in [1.165, 1.54) is 11.8 Å². The summed E-state index contributed by atoms with van der Waals surface area (Å²) in [6, 6.07) is 8.43. The lowest BCUT2D eigenvalue weighted by atomic mass is 10.0. The summed E-state index contributed by atoms with van der Waals surface area (Å²) in [5.74, 6) is -0.347. The third kappa shape index (κ3) is 3.85. The molecule has 0 saturated carbocycles. The van der Waals surface area contributed by atoms with Gasteiger partial charge in [0.25, 0.3) is 6.01 Å². The van der Waals surface area contributed by atoms with Crippen molar-refractivity contribution in [1.29, 1.82) is 0 Å². The molecule has 0 aliphatic rings. The van der Waals surface area contributed by atoms with E-state index in [1.807, 2.05) is 12.1 Å². The van der Waals surface area contributed by atoms with Gasteiger partial charge < -0.3 is 14.8 Å². The first-order valence-electron chi connectivity index (χ1n) is 6.58. The normalized spacial score (nSPS) is 10.8. The van der Waals surface area contributed by atoms with E-state index in [0.717, 1.165) is 5.69 Å². The number of benzene rings is 1. The summed E-state index contributed by atoms with van der Waals surface area (Å²) in [5.41, 5.74) is 2.79. The number of aromatic nitrogens is 1. The zero-order valence-electron chi connectivity index (χ0n) is 11.6. The van der Waals surface area contributed by atoms with Crippen LogP contribution in [0, 0.1) is 0 Å². The van der Waals surface area contributed by atoms with E-state index in [0.29, 0.717) is 24.0 Å². The van der Waals surface area contributed by atoms with Crippen LogP contribution in [0.4, 0.5) is 11.7 Å². The van der Waals surface area contributed by atoms with Crippen LogP contribution in [0.2, 0.25) is 0 Å². The molecule has 0 amide bonds. The molecule has 2 N–H and O–H groups in total. The second-order valence-electron chi connectivity index (χ2n) is 4.94. The van der Waals surface area contributed by atoms with Crippen LogP contribution in [0.1, 0.15) is 37.4 Å². The Morgan fingerprint density at radius 1 is 1.35 bits per heavy atom. The zero-order valence-corrected chi connectivity index (χ0v) is 11.6. The summed E-state index contributed by atoms with van der Waals surface area (Å²) >= 11 is 0. The van der Waals surface area contributed by atoms with E-state index >= 15 is 0 Å². The van der Waals surface area contributed by atoms with Crippen LogP contribution in [-0.4, -0.2) is 16.1 Å². The Morgan fingerprint density at radius 3 is 2.65 bits per heavy atom. The highest BCUT2D eigenvalue weighted by molar-refractivity contribution is 5.67. The Labute approximate surface area is 117 Å². The Morgan fingerprint density at radius 2 is 2.05 bits per heavy atom. The van der Waals surface area contributed by atoms with Gasteiger partial charge in [0.1, 0.15) is 6.26 Å². The van der Waals surface area contributed by atoms with Crippen molar-refractivity contribution in [3.63, 3.8) is 0 Å². The molecular formula is C15H18N2O3. The molecular weight excluding hydrogens is 256 g/mol. The number of oxazole rings is 1. The van der Waals surface area contributed by atoms with Crippen molar-refractivity contribution in [3.8, 4) is 0 Å². The van der Waals surface area contributed by atoms with Gasteiger partial charge in [0.05, 0.1) is 12.1 Å². The van der Waals surface area contributed by atoms with Gasteiger partial charge in [-0.05, 0) is 23.6 Å². The van der Waals surface area contributed by atoms with Crippen molar-refractivity contribution in [3.05, 3.63) is 41.8 Å². The van der Waals surface area contributed by atoms with Gasteiger partial charge in [-0.25, -0.2) is 0 Å². The van der Waals surface area contributed by atoms with E-state index in [-0.39, 0.29) is 6.42 Å². The molecule has 106 valence electrons. The van der Waals surface area contributed by atoms with Gasteiger partial charge in [-0.3, -0.25) is 4.79 Å². The minimum atomic E-state index is -0.841. The van der Waals surface area contributed by atoms with Crippen LogP contribution < -0.4 is 5.32 Å². The van der Waals surface area contributed by atoms with E-state index in [2.05, 4.69) is 36.3 Å². The molecule has 0 aliphatic heterocycles. The molecule has 0 spiro atoms. The van der Waals surface area contributed by atoms with Crippen LogP contribution in [-0.2, 0) is 11.2 Å². The molecule has 0 fully saturated rings. The first-order valence-corrected chi connectivity index (χ1v) is 6.58. The lowest BCUT2D eigenvalue weighted by Gasteiger charge is -2.06. The number of aliphatic carboxylic acids is 1. The molecule has 1 aromatic carbocycles. The van der Waals surface area contributed by atoms with Gasteiger partial charge in [-0.2, -0.15) is 4.98 Å². The lowest BCUT2D eigenvalue weighted by molar-refractivity contribution is -0.136. The van der Waals surface area contributed by atoms with Crippen molar-refractivity contribution >= 4 is 17.7 Å². The molecule has 1 aromatic heterocycles. The number of nitrogens with one attached hydrogen (secondary N) is 1. The molecule has 20 heavy (non-hydrogen) atoms. The van der Waals surface area contributed by atoms with E-state index < -0.39 is 5.97 Å². The van der Waals surface area contributed by atoms with E-state index in [1.54, 1.807) is 0 Å². The number of carboxylic acid groups (broad SMARTS) is 1. The second-order valence-corrected chi connectivity index (χ2v) is 4.94. The highest BCUT2D eigenvalue weighted by atomic mass is 16.4. The number of aryl methyl sites for hydroxylation is 1. The van der Waals surface area contributed by atoms with Gasteiger partial charge in [0, 0.05) is 12.1 Å². The molecule has 5 nitrogen and oxygen atoms in total. The molecule has 1 heterocycles. The predicted molar refractivity (Wildman–Crippen MR) is 76.3 cm³/mol. The summed E-state index contributed by atoms with van der Waals surface area (Å²) in [7, 11) is 0. The van der Waals surface area contributed by atoms with Crippen molar-refractivity contribution < 1.29 is 14.3 Å². The third-order valence-corrected chi connectivity index (χ3v) is 2.98. The smallest absolute Gasteiger partial charge is 0.303 e. The fourth-order valence-corrected chi connectivity index (χ4v) is 1.79.